The lowest BCUT2D eigenvalue weighted by molar-refractivity contribution is -0.264. The lowest BCUT2D eigenvalue weighted by atomic mass is 9.35. The molecular formula is C37H50O10. The van der Waals surface area contributed by atoms with E-state index in [1.807, 2.05) is 26.8 Å². The van der Waals surface area contributed by atoms with Crippen LogP contribution in [0.15, 0.2) is 16.7 Å². The number of fused-ring (bicyclic) bond motifs is 2. The van der Waals surface area contributed by atoms with Gasteiger partial charge in [0.05, 0.1) is 29.3 Å². The number of unbranched alkanes of at least 4 members (excludes halogenated alkanes) is 4. The second-order valence-corrected chi connectivity index (χ2v) is 16.8. The van der Waals surface area contributed by atoms with E-state index in [4.69, 9.17) is 28.5 Å². The molecule has 5 heterocycles. The molecule has 4 saturated heterocycles. The molecule has 0 unspecified atom stereocenters. The van der Waals surface area contributed by atoms with Crippen molar-refractivity contribution in [1.29, 1.82) is 0 Å². The first-order chi connectivity index (χ1) is 22.4. The number of Topliss-reactive ketones (excluding diaryl/α,β-unsaturated/α-hetero) is 1. The van der Waals surface area contributed by atoms with Gasteiger partial charge in [0.25, 0.3) is 0 Å². The van der Waals surface area contributed by atoms with Crippen LogP contribution in [-0.2, 0) is 39.8 Å². The van der Waals surface area contributed by atoms with Gasteiger partial charge in [0.1, 0.15) is 30.2 Å². The lowest BCUT2D eigenvalue weighted by Crippen LogP contribution is -2.77. The summed E-state index contributed by atoms with van der Waals surface area (Å²) in [6, 6.07) is 1.89. The number of cyclic esters (lactones) is 2. The quantitative estimate of drug-likeness (QED) is 0.229. The van der Waals surface area contributed by atoms with Gasteiger partial charge < -0.3 is 33.6 Å². The molecule has 47 heavy (non-hydrogen) atoms. The Kier molecular flexibility index (Phi) is 7.06. The number of ether oxygens (including phenoxy) is 4. The molecule has 1 aromatic heterocycles. The molecule has 2 N–H and O–H groups in total. The van der Waals surface area contributed by atoms with Gasteiger partial charge in [0.2, 0.25) is 0 Å². The summed E-state index contributed by atoms with van der Waals surface area (Å²) in [5.74, 6) is -1.22. The fraction of sp³-hybridized carbons (Fsp3) is 0.811. The fourth-order valence-corrected chi connectivity index (χ4v) is 12.5. The summed E-state index contributed by atoms with van der Waals surface area (Å²) in [7, 11) is 0. The highest BCUT2D eigenvalue weighted by atomic mass is 16.7. The average Bonchev–Trinajstić information content (AvgIpc) is 3.29. The number of furan rings is 1. The fourth-order valence-electron chi connectivity index (χ4n) is 12.5. The number of hydrogen-bond acceptors (Lipinski definition) is 10. The minimum absolute atomic E-state index is 0.0561. The van der Waals surface area contributed by atoms with Crippen LogP contribution in [0.5, 0.6) is 0 Å². The molecule has 8 rings (SSSR count). The molecule has 4 aliphatic heterocycles. The van der Waals surface area contributed by atoms with Gasteiger partial charge in [-0.05, 0) is 64.4 Å². The highest BCUT2D eigenvalue weighted by Crippen LogP contribution is 2.81. The maximum absolute atomic E-state index is 14.7. The number of carbonyl (C=O) groups excluding carboxylic acids is 3. The molecule has 3 saturated carbocycles. The van der Waals surface area contributed by atoms with Crippen molar-refractivity contribution in [2.45, 2.75) is 140 Å². The normalized spacial score (nSPS) is 45.4. The van der Waals surface area contributed by atoms with Crippen molar-refractivity contribution in [3.05, 3.63) is 23.7 Å². The highest BCUT2D eigenvalue weighted by Gasteiger charge is 2.91. The number of hydrogen-bond donors (Lipinski definition) is 2. The Morgan fingerprint density at radius 2 is 1.64 bits per heavy atom. The first-order valence-electron chi connectivity index (χ1n) is 18.0. The molecule has 3 spiro atoms. The van der Waals surface area contributed by atoms with Crippen molar-refractivity contribution in [2.24, 2.45) is 33.5 Å². The lowest BCUT2D eigenvalue weighted by Gasteiger charge is -2.67. The SMILES string of the molecule is CC1(C)O[C@H]2C3(CCCC3)C(=O)OC[C@@]23[C@@H]1C(=O)[C@@H](O)[C@]1(C)[C@@H]3CC[C@@]2(C)[C@H](c3ccoc3CCCCCCCO)OC(=O)[C@H]3O[C@@]312. The van der Waals surface area contributed by atoms with Crippen LogP contribution < -0.4 is 0 Å². The van der Waals surface area contributed by atoms with Crippen LogP contribution in [0.4, 0.5) is 0 Å². The number of aliphatic hydroxyl groups is 2. The number of carbonyl (C=O) groups is 3. The van der Waals surface area contributed by atoms with Gasteiger partial charge in [-0.2, -0.15) is 0 Å². The predicted octanol–water partition coefficient (Wildman–Crippen LogP) is 4.76. The maximum atomic E-state index is 14.7. The van der Waals surface area contributed by atoms with E-state index in [1.54, 1.807) is 6.26 Å². The average molecular weight is 655 g/mol. The molecule has 10 atom stereocenters. The Balaban J connectivity index is 1.20. The van der Waals surface area contributed by atoms with Crippen LogP contribution in [0.25, 0.3) is 0 Å². The van der Waals surface area contributed by atoms with E-state index < -0.39 is 69.2 Å². The van der Waals surface area contributed by atoms with Gasteiger partial charge in [0, 0.05) is 34.8 Å². The standard InChI is InChI=1S/C37H50O10/c1-32(2)25-24(39)26(40)34(4)23(36(25)20-44-31(42)35(30(36)47-32)15-9-10-16-35)13-17-33(3)27(45-29(41)28-37(33,34)46-28)21-14-19-43-22(21)12-8-6-5-7-11-18-38/h14,19,23,25-28,30,38,40H,5-13,15-18,20H2,1-4H3/t23-,25+,26+,27-,28+,30-,33-,34-,36+,37+/m0/s1. The van der Waals surface area contributed by atoms with Crippen LogP contribution in [0.3, 0.4) is 0 Å². The van der Waals surface area contributed by atoms with E-state index in [0.29, 0.717) is 32.1 Å². The molecule has 3 aliphatic carbocycles. The van der Waals surface area contributed by atoms with Gasteiger partial charge in [-0.25, -0.2) is 4.79 Å². The molecule has 0 bridgehead atoms. The van der Waals surface area contributed by atoms with Crippen LogP contribution in [0.1, 0.15) is 116 Å². The van der Waals surface area contributed by atoms with E-state index in [9.17, 15) is 19.5 Å². The van der Waals surface area contributed by atoms with Crippen LogP contribution >= 0.6 is 0 Å². The number of esters is 2. The summed E-state index contributed by atoms with van der Waals surface area (Å²) in [5.41, 5.74) is -4.87. The van der Waals surface area contributed by atoms with Gasteiger partial charge in [-0.1, -0.05) is 46.0 Å². The molecular weight excluding hydrogens is 604 g/mol. The molecule has 0 aromatic carbocycles. The summed E-state index contributed by atoms with van der Waals surface area (Å²) >= 11 is 0. The van der Waals surface area contributed by atoms with Crippen molar-refractivity contribution in [3.63, 3.8) is 0 Å². The van der Waals surface area contributed by atoms with Crippen molar-refractivity contribution < 1.29 is 48.0 Å². The smallest absolute Gasteiger partial charge is 0.339 e. The molecule has 10 nitrogen and oxygen atoms in total. The molecule has 0 radical (unpaired) electrons. The van der Waals surface area contributed by atoms with Crippen molar-refractivity contribution in [3.8, 4) is 0 Å². The molecule has 10 heteroatoms. The number of aliphatic hydroxyl groups excluding tert-OH is 2. The summed E-state index contributed by atoms with van der Waals surface area (Å²) in [4.78, 5) is 42.2. The Morgan fingerprint density at radius 3 is 2.38 bits per heavy atom. The Morgan fingerprint density at radius 1 is 0.915 bits per heavy atom. The first kappa shape index (κ1) is 32.0. The van der Waals surface area contributed by atoms with Gasteiger partial charge in [0.15, 0.2) is 11.9 Å². The molecule has 258 valence electrons. The summed E-state index contributed by atoms with van der Waals surface area (Å²) in [6.45, 7) is 8.13. The van der Waals surface area contributed by atoms with Crippen molar-refractivity contribution in [1.82, 2.24) is 0 Å². The minimum atomic E-state index is -1.40. The maximum Gasteiger partial charge on any atom is 0.339 e. The minimum Gasteiger partial charge on any atom is -0.469 e. The van der Waals surface area contributed by atoms with Crippen LogP contribution in [-0.4, -0.2) is 70.7 Å². The summed E-state index contributed by atoms with van der Waals surface area (Å²) in [5, 5.41) is 21.4. The van der Waals surface area contributed by atoms with Crippen molar-refractivity contribution >= 4 is 17.7 Å². The molecule has 7 aliphatic rings. The van der Waals surface area contributed by atoms with Gasteiger partial charge >= 0.3 is 11.9 Å². The van der Waals surface area contributed by atoms with E-state index in [-0.39, 0.29) is 30.9 Å². The second-order valence-electron chi connectivity index (χ2n) is 16.8. The second kappa shape index (κ2) is 10.4. The third-order valence-electron chi connectivity index (χ3n) is 14.4. The monoisotopic (exact) mass is 654 g/mol. The Hall–Kier alpha value is -2.27. The van der Waals surface area contributed by atoms with E-state index >= 15 is 0 Å². The van der Waals surface area contributed by atoms with Crippen LogP contribution in [0.2, 0.25) is 0 Å². The largest absolute Gasteiger partial charge is 0.469 e. The van der Waals surface area contributed by atoms with Gasteiger partial charge in [-0.15, -0.1) is 0 Å². The number of epoxide rings is 1. The van der Waals surface area contributed by atoms with E-state index in [1.165, 1.54) is 0 Å². The summed E-state index contributed by atoms with van der Waals surface area (Å²) < 4.78 is 31.9. The van der Waals surface area contributed by atoms with E-state index in [2.05, 4.69) is 6.92 Å². The zero-order chi connectivity index (χ0) is 33.2. The number of ketones is 1. The first-order valence-corrected chi connectivity index (χ1v) is 18.0. The van der Waals surface area contributed by atoms with Crippen molar-refractivity contribution in [2.75, 3.05) is 13.2 Å². The molecule has 1 aromatic rings. The number of aryl methyl sites for hydroxylation is 1. The van der Waals surface area contributed by atoms with Gasteiger partial charge in [-0.3, -0.25) is 9.59 Å². The zero-order valence-corrected chi connectivity index (χ0v) is 28.2. The Bertz CT molecular complexity index is 1470. The third-order valence-corrected chi connectivity index (χ3v) is 14.4. The predicted molar refractivity (Wildman–Crippen MR) is 166 cm³/mol. The Labute approximate surface area is 276 Å². The molecule has 0 amide bonds. The molecule has 7 fully saturated rings. The number of rotatable bonds is 8. The highest BCUT2D eigenvalue weighted by molar-refractivity contribution is 5.92. The topological polar surface area (TPSA) is 145 Å². The zero-order valence-electron chi connectivity index (χ0n) is 28.2. The van der Waals surface area contributed by atoms with E-state index in [0.717, 1.165) is 56.3 Å². The summed E-state index contributed by atoms with van der Waals surface area (Å²) in [6.07, 6.45) is 7.88. The van der Waals surface area contributed by atoms with Crippen LogP contribution in [0, 0.1) is 33.5 Å². The third kappa shape index (κ3) is 3.74.